The maximum Gasteiger partial charge on any atom is 0.342 e. The van der Waals surface area contributed by atoms with Gasteiger partial charge in [-0.15, -0.1) is 0 Å². The van der Waals surface area contributed by atoms with E-state index in [4.69, 9.17) is 1.37 Å². The highest BCUT2D eigenvalue weighted by Crippen LogP contribution is 2.09. The summed E-state index contributed by atoms with van der Waals surface area (Å²) in [6.07, 6.45) is 1.16. The van der Waals surface area contributed by atoms with Crippen molar-refractivity contribution in [1.82, 2.24) is 9.55 Å². The van der Waals surface area contributed by atoms with Crippen LogP contribution in [-0.2, 0) is 7.02 Å². The number of imidazole rings is 1. The lowest BCUT2D eigenvalue weighted by molar-refractivity contribution is -0.391. The minimum atomic E-state index is -0.547. The molecule has 0 spiro atoms. The SMILES string of the molecule is [2H]Cn1c([N+](=O)[O-])cnc1C. The number of aryl methyl sites for hydroxylation is 1. The van der Waals surface area contributed by atoms with Crippen molar-refractivity contribution in [3.8, 4) is 0 Å². The minimum absolute atomic E-state index is 0.127. The van der Waals surface area contributed by atoms with Crippen LogP contribution in [0, 0.1) is 17.0 Å². The van der Waals surface area contributed by atoms with Crippen LogP contribution in [0.1, 0.15) is 7.20 Å². The fraction of sp³-hybridized carbons (Fsp3) is 0.400. The Bertz CT molecular complexity index is 283. The number of rotatable bonds is 1. The Balaban J connectivity index is 3.15. The average molecular weight is 142 g/mol. The number of aromatic nitrogens is 2. The van der Waals surface area contributed by atoms with Crippen LogP contribution >= 0.6 is 0 Å². The molecule has 0 saturated heterocycles. The van der Waals surface area contributed by atoms with Gasteiger partial charge in [0.05, 0.1) is 8.39 Å². The van der Waals surface area contributed by atoms with Crippen molar-refractivity contribution in [1.29, 1.82) is 0 Å². The molecule has 0 unspecified atom stereocenters. The summed E-state index contributed by atoms with van der Waals surface area (Å²) < 4.78 is 8.18. The lowest BCUT2D eigenvalue weighted by Gasteiger charge is -1.92. The normalized spacial score (nSPS) is 11.1. The van der Waals surface area contributed by atoms with E-state index in [1.807, 2.05) is 0 Å². The quantitative estimate of drug-likeness (QED) is 0.427. The van der Waals surface area contributed by atoms with Gasteiger partial charge in [-0.05, 0) is 4.92 Å². The number of hydrogen-bond acceptors (Lipinski definition) is 3. The molecule has 0 bridgehead atoms. The fourth-order valence-corrected chi connectivity index (χ4v) is 0.602. The average Bonchev–Trinajstić information content (AvgIpc) is 2.30. The molecule has 54 valence electrons. The van der Waals surface area contributed by atoms with Crippen LogP contribution in [0.25, 0.3) is 0 Å². The van der Waals surface area contributed by atoms with Gasteiger partial charge in [-0.2, -0.15) is 0 Å². The summed E-state index contributed by atoms with van der Waals surface area (Å²) in [5.41, 5.74) is 0. The second kappa shape index (κ2) is 2.09. The van der Waals surface area contributed by atoms with Crippen molar-refractivity contribution in [2.24, 2.45) is 7.02 Å². The van der Waals surface area contributed by atoms with Gasteiger partial charge >= 0.3 is 5.82 Å². The Morgan fingerprint density at radius 1 is 2.00 bits per heavy atom. The molecule has 1 rings (SSSR count). The molecule has 0 aliphatic carbocycles. The second-order valence-corrected chi connectivity index (χ2v) is 1.85. The van der Waals surface area contributed by atoms with Gasteiger partial charge in [0.15, 0.2) is 5.82 Å². The van der Waals surface area contributed by atoms with Gasteiger partial charge in [-0.3, -0.25) is 0 Å². The van der Waals surface area contributed by atoms with Crippen LogP contribution < -0.4 is 0 Å². The topological polar surface area (TPSA) is 61.0 Å². The summed E-state index contributed by atoms with van der Waals surface area (Å²) >= 11 is 0. The van der Waals surface area contributed by atoms with E-state index >= 15 is 0 Å². The molecule has 5 nitrogen and oxygen atoms in total. The van der Waals surface area contributed by atoms with Crippen LogP contribution in [0.15, 0.2) is 6.20 Å². The molecule has 0 N–H and O–H groups in total. The third-order valence-electron chi connectivity index (χ3n) is 1.22. The van der Waals surface area contributed by atoms with Crippen molar-refractivity contribution in [2.45, 2.75) is 6.92 Å². The number of nitro groups is 1. The van der Waals surface area contributed by atoms with Crippen LogP contribution in [0.5, 0.6) is 0 Å². The smallest absolute Gasteiger partial charge is 0.342 e. The molecular formula is C5H7N3O2. The van der Waals surface area contributed by atoms with Gasteiger partial charge < -0.3 is 10.1 Å². The second-order valence-electron chi connectivity index (χ2n) is 1.85. The van der Waals surface area contributed by atoms with Gasteiger partial charge in [-0.1, -0.05) is 0 Å². The van der Waals surface area contributed by atoms with Crippen molar-refractivity contribution in [3.63, 3.8) is 0 Å². The molecule has 1 aromatic rings. The van der Waals surface area contributed by atoms with E-state index in [1.54, 1.807) is 6.92 Å². The highest BCUT2D eigenvalue weighted by Gasteiger charge is 2.11. The molecule has 0 aliphatic rings. The lowest BCUT2D eigenvalue weighted by atomic mass is 10.7. The molecule has 10 heavy (non-hydrogen) atoms. The fourth-order valence-electron chi connectivity index (χ4n) is 0.602. The molecule has 0 amide bonds. The van der Waals surface area contributed by atoms with Crippen molar-refractivity contribution < 1.29 is 6.29 Å². The number of nitrogens with zero attached hydrogens (tertiary/aromatic N) is 3. The Kier molecular flexibility index (Phi) is 1.13. The highest BCUT2D eigenvalue weighted by atomic mass is 16.6. The molecule has 1 heterocycles. The maximum atomic E-state index is 10.3. The third-order valence-corrected chi connectivity index (χ3v) is 1.22. The predicted molar refractivity (Wildman–Crippen MR) is 34.6 cm³/mol. The molecular weight excluding hydrogens is 134 g/mol. The molecule has 0 radical (unpaired) electrons. The maximum absolute atomic E-state index is 10.3. The van der Waals surface area contributed by atoms with E-state index in [0.29, 0.717) is 5.82 Å². The van der Waals surface area contributed by atoms with Gasteiger partial charge in [0.25, 0.3) is 0 Å². The molecule has 1 aromatic heterocycles. The zero-order valence-corrected chi connectivity index (χ0v) is 5.44. The summed E-state index contributed by atoms with van der Waals surface area (Å²) in [4.78, 5) is 13.4. The molecule has 5 heteroatoms. The Morgan fingerprint density at radius 2 is 2.70 bits per heavy atom. The van der Waals surface area contributed by atoms with Crippen molar-refractivity contribution in [2.75, 3.05) is 0 Å². The molecule has 0 atom stereocenters. The van der Waals surface area contributed by atoms with Crippen LogP contribution in [0.4, 0.5) is 5.82 Å². The van der Waals surface area contributed by atoms with E-state index in [9.17, 15) is 10.1 Å². The van der Waals surface area contributed by atoms with Crippen LogP contribution in [0.3, 0.4) is 0 Å². The molecule has 0 aromatic carbocycles. The zero-order valence-electron chi connectivity index (χ0n) is 6.44. The van der Waals surface area contributed by atoms with Gasteiger partial charge in [0.1, 0.15) is 6.20 Å². The van der Waals surface area contributed by atoms with Crippen molar-refractivity contribution in [3.05, 3.63) is 22.1 Å². The molecule has 0 saturated carbocycles. The van der Waals surface area contributed by atoms with E-state index in [0.717, 1.165) is 6.20 Å². The van der Waals surface area contributed by atoms with E-state index in [1.165, 1.54) is 4.57 Å². The Morgan fingerprint density at radius 3 is 3.10 bits per heavy atom. The summed E-state index contributed by atoms with van der Waals surface area (Å²) in [6.45, 7) is 1.63. The monoisotopic (exact) mass is 142 g/mol. The van der Waals surface area contributed by atoms with Crippen LogP contribution in [-0.4, -0.2) is 14.5 Å². The first-order valence-electron chi connectivity index (χ1n) is 3.33. The van der Waals surface area contributed by atoms with Crippen molar-refractivity contribution >= 4 is 5.82 Å². The largest absolute Gasteiger partial charge is 0.358 e. The van der Waals surface area contributed by atoms with Crippen LogP contribution in [0.2, 0.25) is 0 Å². The third kappa shape index (κ3) is 0.854. The van der Waals surface area contributed by atoms with E-state index in [-0.39, 0.29) is 12.8 Å². The summed E-state index contributed by atoms with van der Waals surface area (Å²) in [6, 6.07) is 0. The molecule has 0 fully saturated rings. The minimum Gasteiger partial charge on any atom is -0.358 e. The number of hydrogen-bond donors (Lipinski definition) is 0. The highest BCUT2D eigenvalue weighted by molar-refractivity contribution is 5.17. The standard InChI is InChI=1S/C5H7N3O2/c1-4-6-3-5(7(4)2)8(9)10/h3H,1-2H3/i2D. The van der Waals surface area contributed by atoms with E-state index in [2.05, 4.69) is 4.98 Å². The van der Waals surface area contributed by atoms with Gasteiger partial charge in [0.2, 0.25) is 0 Å². The summed E-state index contributed by atoms with van der Waals surface area (Å²) in [7, 11) is -0.165. The summed E-state index contributed by atoms with van der Waals surface area (Å²) in [5, 5.41) is 10.3. The first-order chi connectivity index (χ1) is 5.16. The van der Waals surface area contributed by atoms with Gasteiger partial charge in [-0.25, -0.2) is 9.55 Å². The first-order valence-corrected chi connectivity index (χ1v) is 2.62. The Hall–Kier alpha value is -1.39. The summed E-state index contributed by atoms with van der Waals surface area (Å²) in [5.74, 6) is 0.365. The Labute approximate surface area is 58.9 Å². The van der Waals surface area contributed by atoms with Gasteiger partial charge in [0, 0.05) is 6.92 Å². The zero-order chi connectivity index (χ0) is 8.43. The lowest BCUT2D eigenvalue weighted by Crippen LogP contribution is -1.97. The predicted octanol–water partition coefficient (Wildman–Crippen LogP) is 0.637. The first kappa shape index (κ1) is 5.40. The van der Waals surface area contributed by atoms with E-state index < -0.39 is 4.92 Å². The molecule has 0 aliphatic heterocycles.